The quantitative estimate of drug-likeness (QED) is 0.530. The van der Waals surface area contributed by atoms with Gasteiger partial charge in [-0.25, -0.2) is 15.4 Å². The van der Waals surface area contributed by atoms with Gasteiger partial charge in [-0.2, -0.15) is 5.10 Å². The Morgan fingerprint density at radius 1 is 1.37 bits per heavy atom. The monoisotopic (exact) mass is 321 g/mol. The maximum Gasteiger partial charge on any atom is 0.270 e. The lowest BCUT2D eigenvalue weighted by Crippen LogP contribution is -1.96. The van der Waals surface area contributed by atoms with Gasteiger partial charge in [0, 0.05) is 30.1 Å². The van der Waals surface area contributed by atoms with Crippen LogP contribution in [0.4, 0.5) is 11.6 Å². The highest BCUT2D eigenvalue weighted by molar-refractivity contribution is 9.10. The van der Waals surface area contributed by atoms with Gasteiger partial charge in [-0.3, -0.25) is 10.1 Å². The number of rotatable bonds is 4. The molecule has 0 radical (unpaired) electrons. The van der Waals surface area contributed by atoms with Crippen molar-refractivity contribution in [3.05, 3.63) is 56.8 Å². The predicted octanol–water partition coefficient (Wildman–Crippen LogP) is 2.59. The standard InChI is InChI=1S/C11H8BrN5O2/c12-9-6-13-11(14-7-9)16-15-5-8-2-1-3-10(4-8)17(18)19/h1-7H,(H,13,14,16)/b15-5-. The molecule has 0 aliphatic rings. The molecule has 0 spiro atoms. The van der Waals surface area contributed by atoms with E-state index in [-0.39, 0.29) is 5.69 Å². The number of benzene rings is 1. The number of nitrogens with zero attached hydrogens (tertiary/aromatic N) is 4. The van der Waals surface area contributed by atoms with Gasteiger partial charge in [0.1, 0.15) is 0 Å². The number of nitrogens with one attached hydrogen (secondary N) is 1. The summed E-state index contributed by atoms with van der Waals surface area (Å²) in [6.45, 7) is 0. The molecular weight excluding hydrogens is 314 g/mol. The van der Waals surface area contributed by atoms with Crippen LogP contribution in [-0.2, 0) is 0 Å². The Kier molecular flexibility index (Phi) is 4.14. The van der Waals surface area contributed by atoms with Gasteiger partial charge in [0.15, 0.2) is 0 Å². The van der Waals surface area contributed by atoms with E-state index in [1.54, 1.807) is 24.5 Å². The maximum absolute atomic E-state index is 10.6. The van der Waals surface area contributed by atoms with E-state index >= 15 is 0 Å². The molecule has 1 aromatic carbocycles. The zero-order chi connectivity index (χ0) is 13.7. The zero-order valence-corrected chi connectivity index (χ0v) is 11.1. The summed E-state index contributed by atoms with van der Waals surface area (Å²) in [6, 6.07) is 6.15. The van der Waals surface area contributed by atoms with Crippen molar-refractivity contribution >= 4 is 33.8 Å². The Labute approximate surface area is 116 Å². The molecule has 0 unspecified atom stereocenters. The molecule has 1 aromatic heterocycles. The van der Waals surface area contributed by atoms with Crippen LogP contribution in [0, 0.1) is 10.1 Å². The average Bonchev–Trinajstić information content (AvgIpc) is 2.41. The van der Waals surface area contributed by atoms with Crippen LogP contribution in [0.25, 0.3) is 0 Å². The lowest BCUT2D eigenvalue weighted by Gasteiger charge is -1.97. The number of halogens is 1. The van der Waals surface area contributed by atoms with E-state index in [0.29, 0.717) is 11.5 Å². The van der Waals surface area contributed by atoms with Gasteiger partial charge in [0.05, 0.1) is 15.6 Å². The third kappa shape index (κ3) is 3.81. The van der Waals surface area contributed by atoms with E-state index in [2.05, 4.69) is 36.4 Å². The molecule has 2 rings (SSSR count). The Balaban J connectivity index is 2.04. The number of anilines is 1. The minimum absolute atomic E-state index is 0.0174. The summed E-state index contributed by atoms with van der Waals surface area (Å²) >= 11 is 3.22. The van der Waals surface area contributed by atoms with Crippen molar-refractivity contribution in [3.8, 4) is 0 Å². The minimum atomic E-state index is -0.456. The average molecular weight is 322 g/mol. The van der Waals surface area contributed by atoms with Crippen LogP contribution in [0.15, 0.2) is 46.2 Å². The number of hydrazone groups is 1. The molecule has 0 fully saturated rings. The van der Waals surface area contributed by atoms with E-state index in [4.69, 9.17) is 0 Å². The summed E-state index contributed by atoms with van der Waals surface area (Å²) in [4.78, 5) is 18.1. The van der Waals surface area contributed by atoms with E-state index in [1.165, 1.54) is 18.3 Å². The fraction of sp³-hybridized carbons (Fsp3) is 0. The predicted molar refractivity (Wildman–Crippen MR) is 74.0 cm³/mol. The first-order chi connectivity index (χ1) is 9.15. The molecule has 0 saturated heterocycles. The van der Waals surface area contributed by atoms with Crippen molar-refractivity contribution < 1.29 is 4.92 Å². The number of nitro benzene ring substituents is 1. The molecule has 1 N–H and O–H groups in total. The number of nitro groups is 1. The van der Waals surface area contributed by atoms with Gasteiger partial charge in [0.2, 0.25) is 5.95 Å². The van der Waals surface area contributed by atoms with Gasteiger partial charge < -0.3 is 0 Å². The van der Waals surface area contributed by atoms with Crippen LogP contribution < -0.4 is 5.43 Å². The lowest BCUT2D eigenvalue weighted by molar-refractivity contribution is -0.384. The van der Waals surface area contributed by atoms with Crippen molar-refractivity contribution in [3.63, 3.8) is 0 Å². The molecule has 0 amide bonds. The second-order valence-corrected chi connectivity index (χ2v) is 4.36. The fourth-order valence-corrected chi connectivity index (χ4v) is 1.46. The topological polar surface area (TPSA) is 93.3 Å². The van der Waals surface area contributed by atoms with Crippen LogP contribution in [0.5, 0.6) is 0 Å². The SMILES string of the molecule is O=[N+]([O-])c1cccc(/C=N\Nc2ncc(Br)cn2)c1. The molecule has 7 nitrogen and oxygen atoms in total. The molecule has 8 heteroatoms. The van der Waals surface area contributed by atoms with E-state index in [0.717, 1.165) is 4.47 Å². The molecular formula is C11H8BrN5O2. The smallest absolute Gasteiger partial charge is 0.258 e. The van der Waals surface area contributed by atoms with Crippen LogP contribution >= 0.6 is 15.9 Å². The van der Waals surface area contributed by atoms with Crippen LogP contribution in [-0.4, -0.2) is 21.1 Å². The molecule has 0 bridgehead atoms. The maximum atomic E-state index is 10.6. The lowest BCUT2D eigenvalue weighted by atomic mass is 10.2. The Morgan fingerprint density at radius 3 is 2.79 bits per heavy atom. The number of hydrogen-bond donors (Lipinski definition) is 1. The summed E-state index contributed by atoms with van der Waals surface area (Å²) in [5.74, 6) is 0.338. The molecule has 1 heterocycles. The molecule has 96 valence electrons. The highest BCUT2D eigenvalue weighted by Gasteiger charge is 2.03. The number of hydrogen-bond acceptors (Lipinski definition) is 6. The van der Waals surface area contributed by atoms with Gasteiger partial charge in [-0.15, -0.1) is 0 Å². The summed E-state index contributed by atoms with van der Waals surface area (Å²) in [6.07, 6.45) is 4.62. The van der Waals surface area contributed by atoms with Crippen LogP contribution in [0.1, 0.15) is 5.56 Å². The van der Waals surface area contributed by atoms with E-state index in [1.807, 2.05) is 0 Å². The Morgan fingerprint density at radius 2 is 2.11 bits per heavy atom. The van der Waals surface area contributed by atoms with Crippen LogP contribution in [0.3, 0.4) is 0 Å². The van der Waals surface area contributed by atoms with Gasteiger partial charge in [-0.1, -0.05) is 12.1 Å². The third-order valence-corrected chi connectivity index (χ3v) is 2.49. The summed E-state index contributed by atoms with van der Waals surface area (Å²) in [7, 11) is 0. The van der Waals surface area contributed by atoms with Gasteiger partial charge in [-0.05, 0) is 15.9 Å². The molecule has 19 heavy (non-hydrogen) atoms. The minimum Gasteiger partial charge on any atom is -0.258 e. The molecule has 0 saturated carbocycles. The Hall–Kier alpha value is -2.35. The highest BCUT2D eigenvalue weighted by Crippen LogP contribution is 2.11. The largest absolute Gasteiger partial charge is 0.270 e. The van der Waals surface area contributed by atoms with Crippen LogP contribution in [0.2, 0.25) is 0 Å². The summed E-state index contributed by atoms with van der Waals surface area (Å²) in [5.41, 5.74) is 3.25. The highest BCUT2D eigenvalue weighted by atomic mass is 79.9. The fourth-order valence-electron chi connectivity index (χ4n) is 1.25. The van der Waals surface area contributed by atoms with E-state index in [9.17, 15) is 10.1 Å². The van der Waals surface area contributed by atoms with Crippen molar-refractivity contribution in [2.75, 3.05) is 5.43 Å². The molecule has 2 aromatic rings. The normalized spacial score (nSPS) is 10.6. The number of aromatic nitrogens is 2. The Bertz CT molecular complexity index is 615. The molecule has 0 atom stereocenters. The molecule has 0 aliphatic carbocycles. The van der Waals surface area contributed by atoms with Gasteiger partial charge >= 0.3 is 0 Å². The first-order valence-electron chi connectivity index (χ1n) is 5.16. The second-order valence-electron chi connectivity index (χ2n) is 3.45. The first kappa shape index (κ1) is 13.1. The second kappa shape index (κ2) is 6.01. The summed E-state index contributed by atoms with van der Waals surface area (Å²) in [5, 5.41) is 14.5. The zero-order valence-electron chi connectivity index (χ0n) is 9.52. The molecule has 0 aliphatic heterocycles. The van der Waals surface area contributed by atoms with Gasteiger partial charge in [0.25, 0.3) is 5.69 Å². The van der Waals surface area contributed by atoms with E-state index < -0.39 is 4.92 Å². The van der Waals surface area contributed by atoms with Crippen molar-refractivity contribution in [2.24, 2.45) is 5.10 Å². The first-order valence-corrected chi connectivity index (χ1v) is 5.95. The summed E-state index contributed by atoms with van der Waals surface area (Å²) < 4.78 is 0.765. The van der Waals surface area contributed by atoms with Crippen molar-refractivity contribution in [2.45, 2.75) is 0 Å². The number of non-ortho nitro benzene ring substituents is 1. The van der Waals surface area contributed by atoms with Crippen molar-refractivity contribution in [1.82, 2.24) is 9.97 Å². The van der Waals surface area contributed by atoms with Crippen molar-refractivity contribution in [1.29, 1.82) is 0 Å². The third-order valence-electron chi connectivity index (χ3n) is 2.08.